The van der Waals surface area contributed by atoms with Crippen molar-refractivity contribution < 1.29 is 46.9 Å². The molecule has 5 unspecified atom stereocenters. The lowest BCUT2D eigenvalue weighted by atomic mass is 9.67. The zero-order chi connectivity index (χ0) is 73.5. The summed E-state index contributed by atoms with van der Waals surface area (Å²) in [7, 11) is 1.45. The first-order valence-corrected chi connectivity index (χ1v) is 39.8. The molecule has 0 saturated carbocycles. The van der Waals surface area contributed by atoms with Gasteiger partial charge in [-0.25, -0.2) is 9.46 Å². The Balaban J connectivity index is 0.641. The molecule has 5 aromatic carbocycles. The van der Waals surface area contributed by atoms with E-state index in [0.29, 0.717) is 31.0 Å². The molecule has 7 heterocycles. The Morgan fingerprint density at radius 2 is 1.48 bits per heavy atom. The van der Waals surface area contributed by atoms with Crippen LogP contribution in [0.1, 0.15) is 207 Å². The maximum atomic E-state index is 13.9. The fourth-order valence-electron chi connectivity index (χ4n) is 16.9. The van der Waals surface area contributed by atoms with E-state index in [1.807, 2.05) is 78.9 Å². The molecule has 1 fully saturated rings. The van der Waals surface area contributed by atoms with Crippen molar-refractivity contribution in [1.29, 1.82) is 5.26 Å². The van der Waals surface area contributed by atoms with Gasteiger partial charge in [-0.15, -0.1) is 0 Å². The van der Waals surface area contributed by atoms with Gasteiger partial charge in [0.05, 0.1) is 62.6 Å². The molecular weight excluding hydrogens is 1340 g/mol. The fraction of sp³-hybridized carbons (Fsp3) is 0.506. The third kappa shape index (κ3) is 17.3. The molecule has 20 heteroatoms. The molecule has 0 radical (unpaired) electrons. The number of H-pyrrole nitrogens is 1. The third-order valence-corrected chi connectivity index (χ3v) is 24.0. The summed E-state index contributed by atoms with van der Waals surface area (Å²) < 4.78 is 52.3. The second kappa shape index (κ2) is 35.9. The molecule has 6 aliphatic rings. The lowest BCUT2D eigenvalue weighted by Gasteiger charge is -2.40. The van der Waals surface area contributed by atoms with E-state index in [9.17, 15) is 24.4 Å². The van der Waals surface area contributed by atoms with Gasteiger partial charge < -0.3 is 48.3 Å². The van der Waals surface area contributed by atoms with Gasteiger partial charge in [-0.2, -0.15) is 9.84 Å². The zero-order valence-electron chi connectivity index (χ0n) is 62.6. The summed E-state index contributed by atoms with van der Waals surface area (Å²) in [6.45, 7) is 14.9. The quantitative estimate of drug-likeness (QED) is 0.0109. The number of aromatic amines is 1. The number of aromatic nitrogens is 2. The van der Waals surface area contributed by atoms with Crippen molar-refractivity contribution in [1.82, 2.24) is 24.9 Å². The standard InChI is InChI=1S/C85H107N8O11P/c1-8-9-10-20-45-84(71-31-18-19-32-72(71)91-52-44-73-70(81(84)91)55-63-54-61-27-24-50-90-51-25-30-69(79(61)90)80(63)103-73)46-21-14-17-33-76(94)87-48-22-11-12-23-49-88-77(95)43-34-62-57-92(83(97)89-82(62)96)78-56-74(104-105(101-53-26-47-86)93(59(2)3)60(4)5)75(102-78)58-100-85(64-28-15-13-16-29-64,65-35-39-67(98-6)40-36-65)66-37-41-68(99-7)42-38-66/h13,15-16,18-19,28-29,31-32,34-43,54-55,57,59-60,73-75,78H,8-12,14,17,20-27,30,33,44-46,48-53,56,58H2,1-7H3,(H2-,87,88,89,94,95,96,97)/p+1/b43-34+/t73?,74?,75?,78-,84?,105?/m1/s1. The number of methoxy groups -OCH3 is 2. The van der Waals surface area contributed by atoms with E-state index < -0.39 is 43.8 Å². The Labute approximate surface area is 621 Å². The van der Waals surface area contributed by atoms with E-state index in [1.165, 1.54) is 106 Å². The number of rotatable bonds is 37. The Bertz CT molecular complexity index is 4160. The van der Waals surface area contributed by atoms with Crippen LogP contribution < -0.4 is 41.0 Å². The molecule has 3 N–H and O–H groups in total. The first-order chi connectivity index (χ1) is 51.2. The second-order valence-corrected chi connectivity index (χ2v) is 30.9. The highest BCUT2D eigenvalue weighted by Gasteiger charge is 2.57. The zero-order valence-corrected chi connectivity index (χ0v) is 63.5. The number of nitrogens with one attached hydrogen (secondary N) is 3. The van der Waals surface area contributed by atoms with Gasteiger partial charge in [-0.3, -0.25) is 23.9 Å². The fourth-order valence-corrected chi connectivity index (χ4v) is 18.7. The Morgan fingerprint density at radius 1 is 0.819 bits per heavy atom. The number of amides is 2. The number of nitriles is 1. The number of ether oxygens (including phenoxy) is 5. The topological polar surface area (TPSA) is 211 Å². The average molecular weight is 1450 g/mol. The van der Waals surface area contributed by atoms with Gasteiger partial charge >= 0.3 is 5.69 Å². The normalized spacial score (nSPS) is 19.7. The number of hydrogen-bond acceptors (Lipinski definition) is 14. The highest BCUT2D eigenvalue weighted by molar-refractivity contribution is 7.44. The molecule has 1 aromatic heterocycles. The highest BCUT2D eigenvalue weighted by atomic mass is 31.2. The van der Waals surface area contributed by atoms with Crippen molar-refractivity contribution in [2.75, 3.05) is 65.1 Å². The number of fused-ring (bicyclic) bond motifs is 6. The molecule has 1 saturated heterocycles. The summed E-state index contributed by atoms with van der Waals surface area (Å²) >= 11 is 0. The number of aryl methyl sites for hydroxylation is 1. The first-order valence-electron chi connectivity index (χ1n) is 38.7. The summed E-state index contributed by atoms with van der Waals surface area (Å²) in [5, 5.41) is 15.7. The third-order valence-electron chi connectivity index (χ3n) is 21.9. The summed E-state index contributed by atoms with van der Waals surface area (Å²) in [4.78, 5) is 59.1. The van der Waals surface area contributed by atoms with Crippen LogP contribution in [-0.2, 0) is 52.0 Å². The first kappa shape index (κ1) is 76.4. The van der Waals surface area contributed by atoms with Crippen LogP contribution in [0, 0.1) is 11.3 Å². The van der Waals surface area contributed by atoms with Gasteiger partial charge in [0.2, 0.25) is 17.5 Å². The number of unbranched alkanes of at least 4 members (excludes halogenated alkanes) is 8. The minimum Gasteiger partial charge on any atom is -0.497 e. The van der Waals surface area contributed by atoms with Crippen molar-refractivity contribution in [2.45, 2.75) is 217 Å². The minimum atomic E-state index is -1.79. The van der Waals surface area contributed by atoms with Crippen molar-refractivity contribution in [3.8, 4) is 23.3 Å². The molecule has 6 aromatic rings. The summed E-state index contributed by atoms with van der Waals surface area (Å²) in [5.74, 6) is 2.19. The molecular formula is C85H108N8O11P+. The van der Waals surface area contributed by atoms with E-state index in [2.05, 4.69) is 107 Å². The van der Waals surface area contributed by atoms with Gasteiger partial charge in [-0.1, -0.05) is 131 Å². The van der Waals surface area contributed by atoms with E-state index in [0.717, 1.165) is 119 Å². The number of hydrogen-bond donors (Lipinski definition) is 3. The monoisotopic (exact) mass is 1450 g/mol. The molecule has 0 spiro atoms. The Morgan fingerprint density at radius 3 is 2.16 bits per heavy atom. The predicted octanol–water partition coefficient (Wildman–Crippen LogP) is 15.2. The minimum absolute atomic E-state index is 0.00707. The lowest BCUT2D eigenvalue weighted by Crippen LogP contribution is -2.46. The Hall–Kier alpha value is -8.21. The van der Waals surface area contributed by atoms with Crippen LogP contribution >= 0.6 is 8.53 Å². The number of anilines is 1. The van der Waals surface area contributed by atoms with E-state index in [-0.39, 0.29) is 67.0 Å². The molecule has 0 aliphatic carbocycles. The van der Waals surface area contributed by atoms with Gasteiger partial charge in [0.25, 0.3) is 14.1 Å². The molecule has 2 amide bonds. The molecule has 19 nitrogen and oxygen atoms in total. The highest BCUT2D eigenvalue weighted by Crippen LogP contribution is 2.55. The van der Waals surface area contributed by atoms with Crippen molar-refractivity contribution in [3.05, 3.63) is 192 Å². The van der Waals surface area contributed by atoms with E-state index in [4.69, 9.17) is 32.7 Å². The van der Waals surface area contributed by atoms with Crippen LogP contribution in [0.5, 0.6) is 17.2 Å². The van der Waals surface area contributed by atoms with Crippen LogP contribution in [0.4, 0.5) is 11.4 Å². The van der Waals surface area contributed by atoms with Gasteiger partial charge in [-0.05, 0) is 150 Å². The SMILES string of the molecule is CCCCCCC1(CCCCCC(=O)NCCCCCCNC(=O)/C=C/c2cn([C@H]3CC(OP(OCCC#N)N(C(C)C)C(C)C)C(COC(c4ccccc4)(c4ccc(OC)cc4)c4ccc(OC)cc4)O3)c(=O)[nH]c2=O)C2=[N+](CCC3Oc4c(cc5c6c4CCCN6CCC5)C=C23)c2ccccc21. The molecule has 0 bridgehead atoms. The number of carbonyl (C=O) groups excluding carboxylic acids is 2. The van der Waals surface area contributed by atoms with Crippen LogP contribution in [0.2, 0.25) is 0 Å². The van der Waals surface area contributed by atoms with Crippen LogP contribution in [0.15, 0.2) is 137 Å². The van der Waals surface area contributed by atoms with Crippen molar-refractivity contribution in [2.24, 2.45) is 0 Å². The van der Waals surface area contributed by atoms with Crippen LogP contribution in [0.3, 0.4) is 0 Å². The van der Waals surface area contributed by atoms with Crippen LogP contribution in [0.25, 0.3) is 12.2 Å². The average Bonchev–Trinajstić information content (AvgIpc) is 1.67. The number of para-hydroxylation sites is 1. The number of benzene rings is 5. The number of carbonyl (C=O) groups is 2. The molecule has 558 valence electrons. The molecule has 12 rings (SSSR count). The van der Waals surface area contributed by atoms with Gasteiger partial charge in [0.1, 0.15) is 41.3 Å². The largest absolute Gasteiger partial charge is 0.497 e. The molecule has 105 heavy (non-hydrogen) atoms. The predicted molar refractivity (Wildman–Crippen MR) is 414 cm³/mol. The van der Waals surface area contributed by atoms with Gasteiger partial charge in [0, 0.05) is 98.2 Å². The van der Waals surface area contributed by atoms with E-state index >= 15 is 0 Å². The maximum absolute atomic E-state index is 13.9. The van der Waals surface area contributed by atoms with Crippen molar-refractivity contribution >= 4 is 49.6 Å². The number of nitrogens with zero attached hydrogens (tertiary/aromatic N) is 5. The summed E-state index contributed by atoms with van der Waals surface area (Å²) in [6.07, 6.45) is 23.8. The Kier molecular flexibility index (Phi) is 26.2. The molecule has 6 aliphatic heterocycles. The molecule has 6 atom stereocenters. The second-order valence-electron chi connectivity index (χ2n) is 29.5. The van der Waals surface area contributed by atoms with E-state index in [1.54, 1.807) is 14.2 Å². The van der Waals surface area contributed by atoms with Crippen molar-refractivity contribution in [3.63, 3.8) is 0 Å². The van der Waals surface area contributed by atoms with Gasteiger partial charge in [0.15, 0.2) is 12.3 Å². The smallest absolute Gasteiger partial charge is 0.330 e. The maximum Gasteiger partial charge on any atom is 0.330 e. The van der Waals surface area contributed by atoms with Crippen LogP contribution in [-0.4, -0.2) is 127 Å². The summed E-state index contributed by atoms with van der Waals surface area (Å²) in [5.41, 5.74) is 11.2. The summed E-state index contributed by atoms with van der Waals surface area (Å²) in [6, 6.07) is 39.2. The lowest BCUT2D eigenvalue weighted by molar-refractivity contribution is -0.444.